The van der Waals surface area contributed by atoms with Gasteiger partial charge < -0.3 is 26.0 Å². The molecule has 1 fully saturated rings. The highest BCUT2D eigenvalue weighted by Gasteiger charge is 2.30. The highest BCUT2D eigenvalue weighted by atomic mass is 16.5. The number of nitrogens with one attached hydrogen (secondary N) is 1. The minimum atomic E-state index is -0.889. The Morgan fingerprint density at radius 3 is 2.40 bits per heavy atom. The van der Waals surface area contributed by atoms with E-state index in [4.69, 9.17) is 25.8 Å². The van der Waals surface area contributed by atoms with Gasteiger partial charge >= 0.3 is 0 Å². The number of amides is 1. The number of nitrogens with zero attached hydrogens (tertiary/aromatic N) is 5. The second-order valence-electron chi connectivity index (χ2n) is 12.0. The number of nitrogens with two attached hydrogens (primary N) is 2. The summed E-state index contributed by atoms with van der Waals surface area (Å²) in [5, 5.41) is 12.9. The van der Waals surface area contributed by atoms with E-state index in [2.05, 4.69) is 20.4 Å². The van der Waals surface area contributed by atoms with Crippen LogP contribution in [-0.2, 0) is 10.2 Å². The Kier molecular flexibility index (Phi) is 7.57. The summed E-state index contributed by atoms with van der Waals surface area (Å²) >= 11 is 0. The molecule has 3 aromatic heterocycles. The van der Waals surface area contributed by atoms with Gasteiger partial charge in [0, 0.05) is 23.1 Å². The lowest BCUT2D eigenvalue weighted by Gasteiger charge is -2.30. The molecule has 1 amide bonds. The van der Waals surface area contributed by atoms with E-state index in [-0.39, 0.29) is 23.4 Å². The molecule has 1 atom stereocenters. The van der Waals surface area contributed by atoms with Crippen molar-refractivity contribution in [3.63, 3.8) is 0 Å². The number of ether oxygens (including phenoxy) is 1. The molecule has 0 radical (unpaired) electrons. The SMILES string of the molecule is CC(C)(C)c1cc([C@@H](N)C(=O)NC2CCC(n3nc(-c4ccc(Oc5ccccc5)cc4)c4c(N)ncnc43)CC2)no1. The first-order valence-electron chi connectivity index (χ1n) is 14.5. The van der Waals surface area contributed by atoms with E-state index >= 15 is 0 Å². The van der Waals surface area contributed by atoms with Crippen molar-refractivity contribution in [3.05, 3.63) is 78.4 Å². The van der Waals surface area contributed by atoms with Crippen LogP contribution in [-0.4, -0.2) is 36.9 Å². The average Bonchev–Trinajstić information content (AvgIpc) is 3.65. The van der Waals surface area contributed by atoms with Crippen LogP contribution in [0.4, 0.5) is 5.82 Å². The van der Waals surface area contributed by atoms with Gasteiger partial charge in [-0.15, -0.1) is 0 Å². The largest absolute Gasteiger partial charge is 0.457 e. The molecule has 1 aliphatic carbocycles. The van der Waals surface area contributed by atoms with E-state index < -0.39 is 6.04 Å². The van der Waals surface area contributed by atoms with Crippen molar-refractivity contribution in [1.29, 1.82) is 0 Å². The Morgan fingerprint density at radius 1 is 1.02 bits per heavy atom. The smallest absolute Gasteiger partial charge is 0.243 e. The van der Waals surface area contributed by atoms with Crippen molar-refractivity contribution in [1.82, 2.24) is 30.2 Å². The lowest BCUT2D eigenvalue weighted by molar-refractivity contribution is -0.123. The molecule has 5 aromatic rings. The van der Waals surface area contributed by atoms with Gasteiger partial charge in [0.2, 0.25) is 5.91 Å². The molecule has 11 heteroatoms. The molecule has 11 nitrogen and oxygen atoms in total. The fourth-order valence-electron chi connectivity index (χ4n) is 5.44. The van der Waals surface area contributed by atoms with Gasteiger partial charge in [-0.1, -0.05) is 44.1 Å². The Labute approximate surface area is 249 Å². The van der Waals surface area contributed by atoms with Crippen LogP contribution >= 0.6 is 0 Å². The number of hydrogen-bond donors (Lipinski definition) is 3. The molecule has 1 saturated carbocycles. The molecular weight excluding hydrogens is 544 g/mol. The van der Waals surface area contributed by atoms with Crippen molar-refractivity contribution >= 4 is 22.8 Å². The minimum Gasteiger partial charge on any atom is -0.457 e. The summed E-state index contributed by atoms with van der Waals surface area (Å²) in [6.45, 7) is 6.06. The summed E-state index contributed by atoms with van der Waals surface area (Å²) in [5.41, 5.74) is 15.1. The van der Waals surface area contributed by atoms with Crippen molar-refractivity contribution in [3.8, 4) is 22.8 Å². The van der Waals surface area contributed by atoms with Gasteiger partial charge in [0.05, 0.1) is 11.4 Å². The summed E-state index contributed by atoms with van der Waals surface area (Å²) in [6, 6.07) is 18.4. The number of carbonyl (C=O) groups excluding carboxylic acids is 1. The van der Waals surface area contributed by atoms with E-state index in [1.165, 1.54) is 6.33 Å². The van der Waals surface area contributed by atoms with E-state index in [0.29, 0.717) is 22.9 Å². The van der Waals surface area contributed by atoms with E-state index in [1.807, 2.05) is 80.1 Å². The summed E-state index contributed by atoms with van der Waals surface area (Å²) in [4.78, 5) is 21.8. The number of aromatic nitrogens is 5. The molecule has 6 rings (SSSR count). The van der Waals surface area contributed by atoms with Gasteiger partial charge in [-0.05, 0) is 62.1 Å². The average molecular weight is 581 g/mol. The number of fused-ring (bicyclic) bond motifs is 1. The summed E-state index contributed by atoms with van der Waals surface area (Å²) in [7, 11) is 0. The Morgan fingerprint density at radius 2 is 1.72 bits per heavy atom. The van der Waals surface area contributed by atoms with Crippen LogP contribution < -0.4 is 21.5 Å². The topological polar surface area (TPSA) is 160 Å². The highest BCUT2D eigenvalue weighted by Crippen LogP contribution is 2.37. The van der Waals surface area contributed by atoms with Gasteiger partial charge in [0.1, 0.15) is 46.8 Å². The van der Waals surface area contributed by atoms with Crippen LogP contribution in [0.15, 0.2) is 71.5 Å². The normalized spacial score (nSPS) is 18.0. The van der Waals surface area contributed by atoms with Crippen molar-refractivity contribution < 1.29 is 14.1 Å². The van der Waals surface area contributed by atoms with Crippen LogP contribution in [0.2, 0.25) is 0 Å². The molecule has 222 valence electrons. The molecule has 1 aliphatic rings. The highest BCUT2D eigenvalue weighted by molar-refractivity contribution is 5.98. The maximum Gasteiger partial charge on any atom is 0.243 e. The second-order valence-corrected chi connectivity index (χ2v) is 12.0. The van der Waals surface area contributed by atoms with Crippen LogP contribution in [0.3, 0.4) is 0 Å². The zero-order valence-electron chi connectivity index (χ0n) is 24.5. The number of anilines is 1. The molecule has 0 unspecified atom stereocenters. The maximum atomic E-state index is 12.9. The Hall–Kier alpha value is -4.77. The van der Waals surface area contributed by atoms with Gasteiger partial charge in [-0.2, -0.15) is 5.10 Å². The first-order chi connectivity index (χ1) is 20.7. The molecule has 5 N–H and O–H groups in total. The third-order valence-corrected chi connectivity index (χ3v) is 7.88. The van der Waals surface area contributed by atoms with E-state index in [1.54, 1.807) is 6.07 Å². The van der Waals surface area contributed by atoms with Crippen LogP contribution in [0.25, 0.3) is 22.3 Å². The molecule has 0 saturated heterocycles. The Bertz CT molecular complexity index is 1720. The number of hydrogen-bond acceptors (Lipinski definition) is 9. The second kappa shape index (κ2) is 11.5. The lowest BCUT2D eigenvalue weighted by Crippen LogP contribution is -2.42. The minimum absolute atomic E-state index is 0.00179. The number of rotatable bonds is 7. The van der Waals surface area contributed by atoms with Crippen LogP contribution in [0, 0.1) is 0 Å². The molecule has 2 aromatic carbocycles. The van der Waals surface area contributed by atoms with E-state index in [9.17, 15) is 4.79 Å². The third kappa shape index (κ3) is 5.94. The molecule has 0 aliphatic heterocycles. The lowest BCUT2D eigenvalue weighted by atomic mass is 9.91. The fraction of sp³-hybridized carbons (Fsp3) is 0.344. The number of benzene rings is 2. The van der Waals surface area contributed by atoms with Gasteiger partial charge in [-0.3, -0.25) is 4.79 Å². The third-order valence-electron chi connectivity index (χ3n) is 7.88. The standard InChI is InChI=1S/C32H36N8O3/c1-32(2,3)25-17-24(39-43-25)27(33)31(41)37-20-11-13-21(14-12-20)40-30-26(29(34)35-18-36-30)28(38-40)19-9-15-23(16-10-19)42-22-7-5-4-6-8-22/h4-10,15-18,20-21,27H,11-14,33H2,1-3H3,(H,37,41)(H2,34,35,36)/t20?,21?,27-/m1/s1. The van der Waals surface area contributed by atoms with Crippen LogP contribution in [0.1, 0.15) is 70.0 Å². The van der Waals surface area contributed by atoms with Crippen molar-refractivity contribution in [2.24, 2.45) is 5.73 Å². The molecule has 43 heavy (non-hydrogen) atoms. The first-order valence-corrected chi connectivity index (χ1v) is 14.5. The molecule has 3 heterocycles. The van der Waals surface area contributed by atoms with E-state index in [0.717, 1.165) is 53.8 Å². The first kappa shape index (κ1) is 28.4. The number of carbonyl (C=O) groups is 1. The number of para-hydroxylation sites is 1. The molecule has 0 bridgehead atoms. The Balaban J connectivity index is 1.15. The zero-order valence-corrected chi connectivity index (χ0v) is 24.5. The van der Waals surface area contributed by atoms with Gasteiger partial charge in [0.25, 0.3) is 0 Å². The summed E-state index contributed by atoms with van der Waals surface area (Å²) < 4.78 is 13.3. The summed E-state index contributed by atoms with van der Waals surface area (Å²) in [6.07, 6.45) is 4.64. The predicted molar refractivity (Wildman–Crippen MR) is 163 cm³/mol. The zero-order chi connectivity index (χ0) is 30.1. The van der Waals surface area contributed by atoms with Gasteiger partial charge in [-0.25, -0.2) is 14.6 Å². The molecular formula is C32H36N8O3. The fourth-order valence-corrected chi connectivity index (χ4v) is 5.44. The predicted octanol–water partition coefficient (Wildman–Crippen LogP) is 5.45. The quantitative estimate of drug-likeness (QED) is 0.227. The van der Waals surface area contributed by atoms with Crippen LogP contribution in [0.5, 0.6) is 11.5 Å². The summed E-state index contributed by atoms with van der Waals surface area (Å²) in [5.74, 6) is 2.31. The monoisotopic (exact) mass is 580 g/mol. The van der Waals surface area contributed by atoms with Crippen molar-refractivity contribution in [2.75, 3.05) is 5.73 Å². The van der Waals surface area contributed by atoms with Gasteiger partial charge in [0.15, 0.2) is 5.65 Å². The maximum absolute atomic E-state index is 12.9. The molecule has 0 spiro atoms. The van der Waals surface area contributed by atoms with Crippen molar-refractivity contribution in [2.45, 2.75) is 70.0 Å². The number of nitrogen functional groups attached to an aromatic ring is 1.